The molecule has 0 radical (unpaired) electrons. The summed E-state index contributed by atoms with van der Waals surface area (Å²) in [6.07, 6.45) is 2.12. The molecule has 0 saturated heterocycles. The number of imidazole rings is 1. The molecule has 10 heteroatoms. The van der Waals surface area contributed by atoms with E-state index in [0.29, 0.717) is 18.7 Å². The Morgan fingerprint density at radius 2 is 2.04 bits per heavy atom. The SMILES string of the molecule is CCCC[C@H](NC(=O)CCc1nc2c([nH]1)c(=O)[nH]c(=O)n2C)C(=O)O. The average molecular weight is 351 g/mol. The number of aromatic amines is 2. The minimum atomic E-state index is -1.06. The predicted octanol–water partition coefficient (Wildman–Crippen LogP) is -0.358. The number of carbonyl (C=O) groups excluding carboxylic acids is 1. The summed E-state index contributed by atoms with van der Waals surface area (Å²) < 4.78 is 1.20. The van der Waals surface area contributed by atoms with Crippen LogP contribution in [0.25, 0.3) is 11.2 Å². The van der Waals surface area contributed by atoms with Crippen molar-refractivity contribution in [3.05, 3.63) is 26.7 Å². The Bertz CT molecular complexity index is 894. The third-order valence-electron chi connectivity index (χ3n) is 3.87. The van der Waals surface area contributed by atoms with E-state index in [1.54, 1.807) is 0 Å². The van der Waals surface area contributed by atoms with Crippen molar-refractivity contribution in [3.8, 4) is 0 Å². The van der Waals surface area contributed by atoms with Crippen molar-refractivity contribution in [1.29, 1.82) is 0 Å². The number of amides is 1. The Kier molecular flexibility index (Phi) is 5.73. The van der Waals surface area contributed by atoms with Gasteiger partial charge in [-0.05, 0) is 6.42 Å². The average Bonchev–Trinajstić information content (AvgIpc) is 2.99. The second-order valence-electron chi connectivity index (χ2n) is 5.80. The lowest BCUT2D eigenvalue weighted by molar-refractivity contribution is -0.142. The number of carboxylic acids is 1. The van der Waals surface area contributed by atoms with Gasteiger partial charge in [0, 0.05) is 19.9 Å². The van der Waals surface area contributed by atoms with E-state index in [1.165, 1.54) is 11.6 Å². The van der Waals surface area contributed by atoms with Crippen molar-refractivity contribution in [1.82, 2.24) is 24.8 Å². The monoisotopic (exact) mass is 351 g/mol. The Morgan fingerprint density at radius 1 is 1.32 bits per heavy atom. The van der Waals surface area contributed by atoms with Gasteiger partial charge in [-0.15, -0.1) is 0 Å². The number of aromatic nitrogens is 4. The molecule has 10 nitrogen and oxygen atoms in total. The number of H-pyrrole nitrogens is 2. The highest BCUT2D eigenvalue weighted by Gasteiger charge is 2.19. The lowest BCUT2D eigenvalue weighted by Crippen LogP contribution is -2.40. The number of carbonyl (C=O) groups is 2. The fraction of sp³-hybridized carbons (Fsp3) is 0.533. The molecule has 0 bridgehead atoms. The fourth-order valence-electron chi connectivity index (χ4n) is 2.44. The molecule has 0 aliphatic carbocycles. The minimum Gasteiger partial charge on any atom is -0.480 e. The number of unbranched alkanes of at least 4 members (excludes halogenated alkanes) is 1. The number of fused-ring (bicyclic) bond motifs is 1. The first-order valence-corrected chi connectivity index (χ1v) is 8.03. The number of aryl methyl sites for hydroxylation is 2. The lowest BCUT2D eigenvalue weighted by Gasteiger charge is -2.13. The smallest absolute Gasteiger partial charge is 0.329 e. The van der Waals surface area contributed by atoms with E-state index in [9.17, 15) is 19.2 Å². The molecule has 1 amide bonds. The molecule has 2 rings (SSSR count). The maximum Gasteiger partial charge on any atom is 0.329 e. The number of carboxylic acid groups (broad SMARTS) is 1. The van der Waals surface area contributed by atoms with Crippen LogP contribution in [-0.2, 0) is 23.1 Å². The van der Waals surface area contributed by atoms with Crippen molar-refractivity contribution >= 4 is 23.0 Å². The van der Waals surface area contributed by atoms with Gasteiger partial charge in [0.05, 0.1) is 0 Å². The molecule has 0 aliphatic rings. The second-order valence-corrected chi connectivity index (χ2v) is 5.80. The van der Waals surface area contributed by atoms with Crippen LogP contribution in [0, 0.1) is 0 Å². The second kappa shape index (κ2) is 7.77. The molecule has 2 heterocycles. The summed E-state index contributed by atoms with van der Waals surface area (Å²) in [6, 6.07) is -0.910. The fourth-order valence-corrected chi connectivity index (χ4v) is 2.44. The highest BCUT2D eigenvalue weighted by molar-refractivity contribution is 5.83. The van der Waals surface area contributed by atoms with E-state index in [0.717, 1.165) is 6.42 Å². The third-order valence-corrected chi connectivity index (χ3v) is 3.87. The molecule has 0 aromatic carbocycles. The van der Waals surface area contributed by atoms with Gasteiger partial charge in [-0.1, -0.05) is 19.8 Å². The number of rotatable bonds is 8. The van der Waals surface area contributed by atoms with Crippen LogP contribution in [0.3, 0.4) is 0 Å². The Balaban J connectivity index is 2.04. The first-order chi connectivity index (χ1) is 11.8. The molecule has 2 aromatic heterocycles. The zero-order chi connectivity index (χ0) is 18.6. The van der Waals surface area contributed by atoms with Gasteiger partial charge < -0.3 is 15.4 Å². The van der Waals surface area contributed by atoms with Crippen molar-refractivity contribution in [2.75, 3.05) is 0 Å². The van der Waals surface area contributed by atoms with Gasteiger partial charge in [0.25, 0.3) is 5.56 Å². The quantitative estimate of drug-likeness (QED) is 0.510. The summed E-state index contributed by atoms with van der Waals surface area (Å²) >= 11 is 0. The van der Waals surface area contributed by atoms with E-state index in [2.05, 4.69) is 20.3 Å². The Hall–Kier alpha value is -2.91. The minimum absolute atomic E-state index is 0.0155. The number of hydrogen-bond donors (Lipinski definition) is 4. The van der Waals surface area contributed by atoms with E-state index in [1.807, 2.05) is 6.92 Å². The van der Waals surface area contributed by atoms with Crippen LogP contribution in [0.4, 0.5) is 0 Å². The number of nitrogens with one attached hydrogen (secondary N) is 3. The summed E-state index contributed by atoms with van der Waals surface area (Å²) in [7, 11) is 1.48. The largest absolute Gasteiger partial charge is 0.480 e. The molecule has 0 unspecified atom stereocenters. The van der Waals surface area contributed by atoms with Crippen molar-refractivity contribution < 1.29 is 14.7 Å². The van der Waals surface area contributed by atoms with Crippen LogP contribution in [-0.4, -0.2) is 42.5 Å². The normalized spacial score (nSPS) is 12.2. The standard InChI is InChI=1S/C15H21N5O5/c1-3-4-5-8(14(23)24)16-10(21)7-6-9-17-11-12(18-9)20(2)15(25)19-13(11)22/h8H,3-7H2,1-2H3,(H,16,21)(H,17,18)(H,23,24)(H,19,22,25)/t8-/m0/s1. The van der Waals surface area contributed by atoms with Gasteiger partial charge in [0.1, 0.15) is 17.4 Å². The Morgan fingerprint density at radius 3 is 2.68 bits per heavy atom. The number of nitrogens with zero attached hydrogens (tertiary/aromatic N) is 2. The zero-order valence-corrected chi connectivity index (χ0v) is 14.1. The summed E-state index contributed by atoms with van der Waals surface area (Å²) in [5.41, 5.74) is -0.792. The molecule has 0 spiro atoms. The first-order valence-electron chi connectivity index (χ1n) is 8.03. The van der Waals surface area contributed by atoms with E-state index in [-0.39, 0.29) is 24.0 Å². The van der Waals surface area contributed by atoms with Crippen LogP contribution in [0.2, 0.25) is 0 Å². The van der Waals surface area contributed by atoms with Crippen molar-refractivity contribution in [3.63, 3.8) is 0 Å². The molecule has 0 fully saturated rings. The molecule has 25 heavy (non-hydrogen) atoms. The van der Waals surface area contributed by atoms with E-state index in [4.69, 9.17) is 5.11 Å². The summed E-state index contributed by atoms with van der Waals surface area (Å²) in [5, 5.41) is 11.6. The topological polar surface area (TPSA) is 150 Å². The van der Waals surface area contributed by atoms with E-state index >= 15 is 0 Å². The van der Waals surface area contributed by atoms with Crippen molar-refractivity contribution in [2.24, 2.45) is 7.05 Å². The lowest BCUT2D eigenvalue weighted by atomic mass is 10.1. The molecule has 2 aromatic rings. The van der Waals surface area contributed by atoms with Gasteiger partial charge >= 0.3 is 11.7 Å². The first kappa shape index (κ1) is 18.4. The predicted molar refractivity (Wildman–Crippen MR) is 89.4 cm³/mol. The highest BCUT2D eigenvalue weighted by Crippen LogP contribution is 2.06. The number of aliphatic carboxylic acids is 1. The van der Waals surface area contributed by atoms with Crippen LogP contribution in [0.1, 0.15) is 38.4 Å². The summed E-state index contributed by atoms with van der Waals surface area (Å²) in [6.45, 7) is 1.94. The van der Waals surface area contributed by atoms with Crippen LogP contribution < -0.4 is 16.6 Å². The molecular formula is C15H21N5O5. The van der Waals surface area contributed by atoms with Gasteiger partial charge in [-0.3, -0.25) is 19.1 Å². The molecule has 0 aliphatic heterocycles. The zero-order valence-electron chi connectivity index (χ0n) is 14.1. The third kappa shape index (κ3) is 4.34. The molecule has 4 N–H and O–H groups in total. The molecule has 0 saturated carbocycles. The van der Waals surface area contributed by atoms with Crippen molar-refractivity contribution in [2.45, 2.75) is 45.1 Å². The van der Waals surface area contributed by atoms with Gasteiger partial charge in [-0.2, -0.15) is 0 Å². The maximum atomic E-state index is 12.0. The van der Waals surface area contributed by atoms with Gasteiger partial charge in [-0.25, -0.2) is 14.6 Å². The van der Waals surface area contributed by atoms with Gasteiger partial charge in [0.2, 0.25) is 5.91 Å². The summed E-state index contributed by atoms with van der Waals surface area (Å²) in [5.74, 6) is -1.10. The maximum absolute atomic E-state index is 12.0. The van der Waals surface area contributed by atoms with Crippen LogP contribution >= 0.6 is 0 Å². The van der Waals surface area contributed by atoms with E-state index < -0.39 is 29.2 Å². The van der Waals surface area contributed by atoms with Gasteiger partial charge in [0.15, 0.2) is 5.65 Å². The Labute approximate surface area is 142 Å². The molecule has 1 atom stereocenters. The molecule has 136 valence electrons. The summed E-state index contributed by atoms with van der Waals surface area (Å²) in [4.78, 5) is 55.5. The van der Waals surface area contributed by atoms with Crippen LogP contribution in [0.15, 0.2) is 9.59 Å². The molecular weight excluding hydrogens is 330 g/mol. The highest BCUT2D eigenvalue weighted by atomic mass is 16.4. The van der Waals surface area contributed by atoms with Crippen LogP contribution in [0.5, 0.6) is 0 Å². The number of hydrogen-bond acceptors (Lipinski definition) is 5.